The Morgan fingerprint density at radius 2 is 1.86 bits per heavy atom. The number of carbonyl (C=O) groups is 1. The number of rotatable bonds is 4. The third kappa shape index (κ3) is 4.07. The maximum atomic E-state index is 12.1. The van der Waals surface area contributed by atoms with Crippen LogP contribution in [0.1, 0.15) is 37.7 Å². The van der Waals surface area contributed by atoms with E-state index in [1.54, 1.807) is 0 Å². The minimum Gasteiger partial charge on any atom is -0.351 e. The lowest BCUT2D eigenvalue weighted by Crippen LogP contribution is -2.46. The van der Waals surface area contributed by atoms with Gasteiger partial charge in [-0.25, -0.2) is 0 Å². The molecule has 1 heterocycles. The van der Waals surface area contributed by atoms with Crippen molar-refractivity contribution in [2.45, 2.75) is 38.6 Å². The SMILES string of the molecule is O=C(CN1CC[C@@H]2CCCC[C@H]2C1)NCc1ccccc1. The van der Waals surface area contributed by atoms with Crippen molar-refractivity contribution in [2.24, 2.45) is 11.8 Å². The standard InChI is InChI=1S/C18H26N2O/c21-18(19-12-15-6-2-1-3-7-15)14-20-11-10-16-8-4-5-9-17(16)13-20/h1-3,6-7,16-17H,4-5,8-14H2,(H,19,21)/t16-,17-/m0/s1. The summed E-state index contributed by atoms with van der Waals surface area (Å²) in [7, 11) is 0. The van der Waals surface area contributed by atoms with Crippen LogP contribution in [0.15, 0.2) is 30.3 Å². The van der Waals surface area contributed by atoms with Crippen LogP contribution in [-0.4, -0.2) is 30.4 Å². The zero-order valence-electron chi connectivity index (χ0n) is 12.8. The van der Waals surface area contributed by atoms with Gasteiger partial charge in [-0.15, -0.1) is 0 Å². The van der Waals surface area contributed by atoms with Crippen LogP contribution in [0, 0.1) is 11.8 Å². The monoisotopic (exact) mass is 286 g/mol. The molecular weight excluding hydrogens is 260 g/mol. The minimum absolute atomic E-state index is 0.160. The van der Waals surface area contributed by atoms with Crippen LogP contribution in [0.5, 0.6) is 0 Å². The highest BCUT2D eigenvalue weighted by atomic mass is 16.2. The third-order valence-corrected chi connectivity index (χ3v) is 5.08. The van der Waals surface area contributed by atoms with Crippen molar-refractivity contribution in [3.63, 3.8) is 0 Å². The van der Waals surface area contributed by atoms with E-state index in [-0.39, 0.29) is 5.91 Å². The van der Waals surface area contributed by atoms with Crippen molar-refractivity contribution in [3.8, 4) is 0 Å². The van der Waals surface area contributed by atoms with Crippen LogP contribution >= 0.6 is 0 Å². The summed E-state index contributed by atoms with van der Waals surface area (Å²) in [5, 5.41) is 3.04. The van der Waals surface area contributed by atoms with Crippen LogP contribution in [0.2, 0.25) is 0 Å². The molecule has 0 spiro atoms. The van der Waals surface area contributed by atoms with Crippen LogP contribution in [0.3, 0.4) is 0 Å². The van der Waals surface area contributed by atoms with E-state index in [0.717, 1.165) is 30.5 Å². The molecule has 21 heavy (non-hydrogen) atoms. The summed E-state index contributed by atoms with van der Waals surface area (Å²) >= 11 is 0. The number of hydrogen-bond acceptors (Lipinski definition) is 2. The molecule has 3 heteroatoms. The molecule has 1 aliphatic heterocycles. The summed E-state index contributed by atoms with van der Waals surface area (Å²) in [5.41, 5.74) is 1.16. The number of likely N-dealkylation sites (tertiary alicyclic amines) is 1. The first-order valence-electron chi connectivity index (χ1n) is 8.34. The molecule has 1 aromatic carbocycles. The van der Waals surface area contributed by atoms with Crippen LogP contribution in [0.4, 0.5) is 0 Å². The fourth-order valence-corrected chi connectivity index (χ4v) is 3.88. The number of fused-ring (bicyclic) bond motifs is 1. The smallest absolute Gasteiger partial charge is 0.234 e. The second-order valence-corrected chi connectivity index (χ2v) is 6.59. The van der Waals surface area contributed by atoms with Crippen molar-refractivity contribution in [2.75, 3.05) is 19.6 Å². The van der Waals surface area contributed by atoms with Gasteiger partial charge in [0.1, 0.15) is 0 Å². The molecule has 1 saturated heterocycles. The average Bonchev–Trinajstić information content (AvgIpc) is 2.54. The van der Waals surface area contributed by atoms with Crippen LogP contribution in [0.25, 0.3) is 0 Å². The molecule has 0 unspecified atom stereocenters. The first kappa shape index (κ1) is 14.6. The Balaban J connectivity index is 1.42. The molecule has 1 aromatic rings. The quantitative estimate of drug-likeness (QED) is 0.923. The summed E-state index contributed by atoms with van der Waals surface area (Å²) in [6.45, 7) is 3.43. The summed E-state index contributed by atoms with van der Waals surface area (Å²) < 4.78 is 0. The predicted octanol–water partition coefficient (Wildman–Crippen LogP) is 2.81. The first-order chi connectivity index (χ1) is 10.3. The van der Waals surface area contributed by atoms with E-state index in [0.29, 0.717) is 13.1 Å². The fourth-order valence-electron chi connectivity index (χ4n) is 3.88. The van der Waals surface area contributed by atoms with Gasteiger partial charge in [-0.1, -0.05) is 49.6 Å². The van der Waals surface area contributed by atoms with Gasteiger partial charge in [0, 0.05) is 13.1 Å². The van der Waals surface area contributed by atoms with Gasteiger partial charge < -0.3 is 5.32 Å². The van der Waals surface area contributed by atoms with Crippen molar-refractivity contribution >= 4 is 5.91 Å². The third-order valence-electron chi connectivity index (χ3n) is 5.08. The van der Waals surface area contributed by atoms with Crippen molar-refractivity contribution in [1.82, 2.24) is 10.2 Å². The largest absolute Gasteiger partial charge is 0.351 e. The number of hydrogen-bond donors (Lipinski definition) is 1. The summed E-state index contributed by atoms with van der Waals surface area (Å²) in [6.07, 6.45) is 6.87. The lowest BCUT2D eigenvalue weighted by molar-refractivity contribution is -0.123. The van der Waals surface area contributed by atoms with Crippen LogP contribution < -0.4 is 5.32 Å². The molecule has 0 bridgehead atoms. The normalized spacial score (nSPS) is 26.1. The Bertz CT molecular complexity index is 460. The van der Waals surface area contributed by atoms with Gasteiger partial charge in [0.05, 0.1) is 6.54 Å². The van der Waals surface area contributed by atoms with E-state index in [2.05, 4.69) is 10.2 Å². The number of benzene rings is 1. The van der Waals surface area contributed by atoms with E-state index in [1.165, 1.54) is 32.1 Å². The Labute approximate surface area is 127 Å². The molecule has 0 aromatic heterocycles. The minimum atomic E-state index is 0.160. The van der Waals surface area contributed by atoms with Gasteiger partial charge in [0.15, 0.2) is 0 Å². The molecule has 1 N–H and O–H groups in total. The van der Waals surface area contributed by atoms with Gasteiger partial charge in [0.25, 0.3) is 0 Å². The van der Waals surface area contributed by atoms with Gasteiger partial charge in [-0.05, 0) is 36.8 Å². The second kappa shape index (κ2) is 7.08. The molecule has 1 aliphatic carbocycles. The molecule has 1 amide bonds. The summed E-state index contributed by atoms with van der Waals surface area (Å²) in [4.78, 5) is 14.4. The molecule has 114 valence electrons. The predicted molar refractivity (Wildman–Crippen MR) is 84.8 cm³/mol. The first-order valence-corrected chi connectivity index (χ1v) is 8.34. The Kier molecular flexibility index (Phi) is 4.91. The van der Waals surface area contributed by atoms with Crippen molar-refractivity contribution in [1.29, 1.82) is 0 Å². The fraction of sp³-hybridized carbons (Fsp3) is 0.611. The Hall–Kier alpha value is -1.35. The molecule has 3 rings (SSSR count). The van der Waals surface area contributed by atoms with E-state index in [4.69, 9.17) is 0 Å². The van der Waals surface area contributed by atoms with E-state index in [9.17, 15) is 4.79 Å². The Morgan fingerprint density at radius 1 is 1.10 bits per heavy atom. The number of piperidine rings is 1. The summed E-state index contributed by atoms with van der Waals surface area (Å²) in [5.74, 6) is 1.94. The lowest BCUT2D eigenvalue weighted by atomic mass is 9.75. The van der Waals surface area contributed by atoms with Crippen molar-refractivity contribution in [3.05, 3.63) is 35.9 Å². The highest BCUT2D eigenvalue weighted by molar-refractivity contribution is 5.78. The van der Waals surface area contributed by atoms with Crippen LogP contribution in [-0.2, 0) is 11.3 Å². The maximum absolute atomic E-state index is 12.1. The lowest BCUT2D eigenvalue weighted by Gasteiger charge is -2.41. The second-order valence-electron chi connectivity index (χ2n) is 6.59. The van der Waals surface area contributed by atoms with Gasteiger partial charge in [-0.3, -0.25) is 9.69 Å². The Morgan fingerprint density at radius 3 is 2.67 bits per heavy atom. The topological polar surface area (TPSA) is 32.3 Å². The molecule has 0 radical (unpaired) electrons. The molecule has 2 fully saturated rings. The van der Waals surface area contributed by atoms with Gasteiger partial charge >= 0.3 is 0 Å². The van der Waals surface area contributed by atoms with E-state index < -0.39 is 0 Å². The van der Waals surface area contributed by atoms with Gasteiger partial charge in [0.2, 0.25) is 5.91 Å². The summed E-state index contributed by atoms with van der Waals surface area (Å²) in [6, 6.07) is 10.1. The molecule has 2 atom stereocenters. The number of nitrogens with one attached hydrogen (secondary N) is 1. The maximum Gasteiger partial charge on any atom is 0.234 e. The van der Waals surface area contributed by atoms with E-state index >= 15 is 0 Å². The number of carbonyl (C=O) groups excluding carboxylic acids is 1. The molecule has 2 aliphatic rings. The zero-order chi connectivity index (χ0) is 14.5. The average molecular weight is 286 g/mol. The highest BCUT2D eigenvalue weighted by Crippen LogP contribution is 2.35. The van der Waals surface area contributed by atoms with E-state index in [1.807, 2.05) is 30.3 Å². The zero-order valence-corrected chi connectivity index (χ0v) is 12.8. The molecular formula is C18H26N2O. The molecule has 1 saturated carbocycles. The van der Waals surface area contributed by atoms with Gasteiger partial charge in [-0.2, -0.15) is 0 Å². The number of nitrogens with zero attached hydrogens (tertiary/aromatic N) is 1. The highest BCUT2D eigenvalue weighted by Gasteiger charge is 2.31. The number of amides is 1. The van der Waals surface area contributed by atoms with Crippen molar-refractivity contribution < 1.29 is 4.79 Å². The molecule has 3 nitrogen and oxygen atoms in total.